The second-order valence-electron chi connectivity index (χ2n) is 4.26. The van der Waals surface area contributed by atoms with Crippen molar-refractivity contribution >= 4 is 28.3 Å². The van der Waals surface area contributed by atoms with Crippen LogP contribution in [0.4, 0.5) is 8.78 Å². The predicted octanol–water partition coefficient (Wildman–Crippen LogP) is 3.58. The van der Waals surface area contributed by atoms with Crippen LogP contribution in [0.1, 0.15) is 24.4 Å². The Labute approximate surface area is 119 Å². The van der Waals surface area contributed by atoms with Crippen molar-refractivity contribution in [1.82, 2.24) is 0 Å². The molecule has 1 aromatic carbocycles. The van der Waals surface area contributed by atoms with Gasteiger partial charge in [-0.25, -0.2) is 8.78 Å². The maximum atomic E-state index is 13.7. The van der Waals surface area contributed by atoms with Gasteiger partial charge in [0.1, 0.15) is 11.6 Å². The van der Waals surface area contributed by atoms with E-state index in [-0.39, 0.29) is 23.9 Å². The molecule has 6 heteroatoms. The second-order valence-corrected chi connectivity index (χ2v) is 5.17. The Balaban J connectivity index is 0.00000162. The average molecular weight is 343 g/mol. The number of benzene rings is 1. The van der Waals surface area contributed by atoms with Crippen molar-refractivity contribution < 1.29 is 13.5 Å². The molecule has 0 aliphatic carbocycles. The maximum absolute atomic E-state index is 13.7. The van der Waals surface area contributed by atoms with E-state index >= 15 is 0 Å². The largest absolute Gasteiger partial charge is 0.381 e. The molecule has 1 atom stereocenters. The molecule has 0 amide bonds. The van der Waals surface area contributed by atoms with Crippen molar-refractivity contribution in [3.05, 3.63) is 33.8 Å². The standard InChI is InChI=1S/C12H14BrF2NO.ClH/c13-8-5-9(14)11(10(15)6-8)12(16)7-1-3-17-4-2-7;/h5-7,12H,1-4,16H2;1H/t12-;/m1./s1. The Morgan fingerprint density at radius 2 is 1.72 bits per heavy atom. The summed E-state index contributed by atoms with van der Waals surface area (Å²) in [6.07, 6.45) is 1.49. The third-order valence-electron chi connectivity index (χ3n) is 3.15. The number of hydrogen-bond acceptors (Lipinski definition) is 2. The van der Waals surface area contributed by atoms with Gasteiger partial charge in [-0.1, -0.05) is 15.9 Å². The summed E-state index contributed by atoms with van der Waals surface area (Å²) in [5.74, 6) is -1.10. The van der Waals surface area contributed by atoms with Crippen molar-refractivity contribution in [2.75, 3.05) is 13.2 Å². The Hall–Kier alpha value is -0.230. The minimum absolute atomic E-state index is 0. The summed E-state index contributed by atoms with van der Waals surface area (Å²) < 4.78 is 33.1. The van der Waals surface area contributed by atoms with Crippen LogP contribution < -0.4 is 5.73 Å². The quantitative estimate of drug-likeness (QED) is 0.891. The number of halogens is 4. The SMILES string of the molecule is Cl.N[C@@H](c1c(F)cc(Br)cc1F)C1CCOCC1. The lowest BCUT2D eigenvalue weighted by Gasteiger charge is -2.28. The van der Waals surface area contributed by atoms with Crippen molar-refractivity contribution in [2.24, 2.45) is 11.7 Å². The third kappa shape index (κ3) is 3.41. The van der Waals surface area contributed by atoms with E-state index < -0.39 is 17.7 Å². The first-order chi connectivity index (χ1) is 8.09. The fourth-order valence-electron chi connectivity index (χ4n) is 2.18. The molecular formula is C12H15BrClF2NO. The van der Waals surface area contributed by atoms with Gasteiger partial charge in [0.25, 0.3) is 0 Å². The van der Waals surface area contributed by atoms with Gasteiger partial charge >= 0.3 is 0 Å². The van der Waals surface area contributed by atoms with Crippen LogP contribution in [0.3, 0.4) is 0 Å². The molecule has 18 heavy (non-hydrogen) atoms. The Bertz CT molecular complexity index is 390. The molecule has 1 aliphatic rings. The minimum Gasteiger partial charge on any atom is -0.381 e. The highest BCUT2D eigenvalue weighted by Crippen LogP contribution is 2.32. The molecule has 1 saturated heterocycles. The van der Waals surface area contributed by atoms with Crippen LogP contribution in [-0.2, 0) is 4.74 Å². The van der Waals surface area contributed by atoms with Gasteiger partial charge in [-0.2, -0.15) is 0 Å². The van der Waals surface area contributed by atoms with Crippen LogP contribution in [0.25, 0.3) is 0 Å². The van der Waals surface area contributed by atoms with Gasteiger partial charge in [0.05, 0.1) is 0 Å². The Morgan fingerprint density at radius 1 is 1.22 bits per heavy atom. The highest BCUT2D eigenvalue weighted by atomic mass is 79.9. The van der Waals surface area contributed by atoms with E-state index in [9.17, 15) is 8.78 Å². The fourth-order valence-corrected chi connectivity index (χ4v) is 2.58. The summed E-state index contributed by atoms with van der Waals surface area (Å²) in [6.45, 7) is 1.22. The molecule has 0 bridgehead atoms. The Kier molecular flexibility index (Phi) is 5.98. The first-order valence-corrected chi connectivity index (χ1v) is 6.36. The highest BCUT2D eigenvalue weighted by molar-refractivity contribution is 9.10. The summed E-state index contributed by atoms with van der Waals surface area (Å²) in [5.41, 5.74) is 5.96. The molecule has 2 rings (SSSR count). The topological polar surface area (TPSA) is 35.2 Å². The maximum Gasteiger partial charge on any atom is 0.132 e. The summed E-state index contributed by atoms with van der Waals surface area (Å²) in [4.78, 5) is 0. The summed E-state index contributed by atoms with van der Waals surface area (Å²) >= 11 is 3.05. The van der Waals surface area contributed by atoms with E-state index in [1.165, 1.54) is 12.1 Å². The average Bonchev–Trinajstić information content (AvgIpc) is 2.28. The van der Waals surface area contributed by atoms with E-state index in [0.29, 0.717) is 17.7 Å². The molecule has 2 N–H and O–H groups in total. The van der Waals surface area contributed by atoms with Gasteiger partial charge in [0.2, 0.25) is 0 Å². The van der Waals surface area contributed by atoms with Crippen LogP contribution in [0.5, 0.6) is 0 Å². The van der Waals surface area contributed by atoms with Gasteiger partial charge < -0.3 is 10.5 Å². The highest BCUT2D eigenvalue weighted by Gasteiger charge is 2.27. The van der Waals surface area contributed by atoms with E-state index in [2.05, 4.69) is 15.9 Å². The number of rotatable bonds is 2. The second kappa shape index (κ2) is 6.80. The normalized spacial score (nSPS) is 18.2. The van der Waals surface area contributed by atoms with E-state index in [1.807, 2.05) is 0 Å². The lowest BCUT2D eigenvalue weighted by atomic mass is 9.87. The molecule has 2 nitrogen and oxygen atoms in total. The fraction of sp³-hybridized carbons (Fsp3) is 0.500. The first-order valence-electron chi connectivity index (χ1n) is 5.57. The molecule has 0 saturated carbocycles. The van der Waals surface area contributed by atoms with E-state index in [4.69, 9.17) is 10.5 Å². The predicted molar refractivity (Wildman–Crippen MR) is 71.8 cm³/mol. The zero-order chi connectivity index (χ0) is 12.4. The molecule has 1 heterocycles. The van der Waals surface area contributed by atoms with Gasteiger partial charge in [-0.05, 0) is 30.9 Å². The summed E-state index contributed by atoms with van der Waals surface area (Å²) in [7, 11) is 0. The molecule has 0 unspecified atom stereocenters. The first kappa shape index (κ1) is 15.8. The summed E-state index contributed by atoms with van der Waals surface area (Å²) in [6, 6.07) is 1.89. The number of hydrogen-bond donors (Lipinski definition) is 1. The van der Waals surface area contributed by atoms with Crippen molar-refractivity contribution in [2.45, 2.75) is 18.9 Å². The van der Waals surface area contributed by atoms with Gasteiger partial charge in [-0.3, -0.25) is 0 Å². The van der Waals surface area contributed by atoms with Crippen LogP contribution in [-0.4, -0.2) is 13.2 Å². The molecule has 1 aliphatic heterocycles. The zero-order valence-electron chi connectivity index (χ0n) is 9.67. The molecule has 0 spiro atoms. The zero-order valence-corrected chi connectivity index (χ0v) is 12.1. The van der Waals surface area contributed by atoms with E-state index in [1.54, 1.807) is 0 Å². The molecular weight excluding hydrogens is 327 g/mol. The molecule has 1 fully saturated rings. The van der Waals surface area contributed by atoms with Gasteiger partial charge in [-0.15, -0.1) is 12.4 Å². The van der Waals surface area contributed by atoms with Crippen molar-refractivity contribution in [1.29, 1.82) is 0 Å². The smallest absolute Gasteiger partial charge is 0.132 e. The third-order valence-corrected chi connectivity index (χ3v) is 3.61. The summed E-state index contributed by atoms with van der Waals surface area (Å²) in [5, 5.41) is 0. The minimum atomic E-state index is -0.605. The van der Waals surface area contributed by atoms with Crippen molar-refractivity contribution in [3.63, 3.8) is 0 Å². The van der Waals surface area contributed by atoms with E-state index in [0.717, 1.165) is 12.8 Å². The van der Waals surface area contributed by atoms with Crippen LogP contribution in [0, 0.1) is 17.6 Å². The molecule has 0 radical (unpaired) electrons. The van der Waals surface area contributed by atoms with Crippen LogP contribution >= 0.6 is 28.3 Å². The van der Waals surface area contributed by atoms with Gasteiger partial charge in [0.15, 0.2) is 0 Å². The Morgan fingerprint density at radius 3 is 2.22 bits per heavy atom. The number of nitrogens with two attached hydrogens (primary N) is 1. The lowest BCUT2D eigenvalue weighted by Crippen LogP contribution is -2.29. The number of ether oxygens (including phenoxy) is 1. The molecule has 102 valence electrons. The molecule has 0 aromatic heterocycles. The monoisotopic (exact) mass is 341 g/mol. The van der Waals surface area contributed by atoms with Gasteiger partial charge in [0, 0.05) is 29.3 Å². The van der Waals surface area contributed by atoms with Crippen molar-refractivity contribution in [3.8, 4) is 0 Å². The molecule has 1 aromatic rings. The lowest BCUT2D eigenvalue weighted by molar-refractivity contribution is 0.0576. The van der Waals surface area contributed by atoms with Crippen LogP contribution in [0.2, 0.25) is 0 Å². The van der Waals surface area contributed by atoms with Crippen LogP contribution in [0.15, 0.2) is 16.6 Å².